The van der Waals surface area contributed by atoms with E-state index in [4.69, 9.17) is 0 Å². The number of hydrogen-bond donors (Lipinski definition) is 0. The third-order valence-corrected chi connectivity index (χ3v) is 4.98. The molecule has 1 atom stereocenters. The van der Waals surface area contributed by atoms with Crippen LogP contribution in [0.25, 0.3) is 0 Å². The molecule has 1 fully saturated rings. The zero-order valence-corrected chi connectivity index (χ0v) is 10.6. The summed E-state index contributed by atoms with van der Waals surface area (Å²) in [4.78, 5) is 10.8. The molecule has 1 aliphatic heterocycles. The van der Waals surface area contributed by atoms with Crippen LogP contribution in [-0.4, -0.2) is 31.6 Å². The van der Waals surface area contributed by atoms with Crippen molar-refractivity contribution in [1.82, 2.24) is 4.31 Å². The van der Waals surface area contributed by atoms with Gasteiger partial charge in [-0.15, -0.1) is 0 Å². The van der Waals surface area contributed by atoms with Gasteiger partial charge in [-0.1, -0.05) is 12.5 Å². The van der Waals surface area contributed by atoms with Crippen LogP contribution in [0, 0.1) is 5.82 Å². The smallest absolute Gasteiger partial charge is 0.243 e. The third kappa shape index (κ3) is 2.44. The van der Waals surface area contributed by atoms with Gasteiger partial charge in [0, 0.05) is 6.54 Å². The Hall–Kier alpha value is -1.27. The van der Waals surface area contributed by atoms with E-state index in [0.717, 1.165) is 23.2 Å². The zero-order valence-electron chi connectivity index (χ0n) is 9.75. The molecule has 6 heteroatoms. The van der Waals surface area contributed by atoms with Crippen molar-refractivity contribution in [3.63, 3.8) is 0 Å². The molecule has 1 aliphatic rings. The first-order valence-corrected chi connectivity index (χ1v) is 7.22. The first-order valence-electron chi connectivity index (χ1n) is 5.78. The van der Waals surface area contributed by atoms with Crippen molar-refractivity contribution in [3.8, 4) is 0 Å². The van der Waals surface area contributed by atoms with Gasteiger partial charge in [-0.2, -0.15) is 4.31 Å². The lowest BCUT2D eigenvalue weighted by Gasteiger charge is -2.31. The van der Waals surface area contributed by atoms with Crippen molar-refractivity contribution in [2.75, 3.05) is 6.54 Å². The van der Waals surface area contributed by atoms with Crippen LogP contribution in [0.1, 0.15) is 19.3 Å². The van der Waals surface area contributed by atoms with E-state index in [1.54, 1.807) is 0 Å². The van der Waals surface area contributed by atoms with E-state index in [1.807, 2.05) is 0 Å². The Labute approximate surface area is 105 Å². The van der Waals surface area contributed by atoms with E-state index < -0.39 is 21.9 Å². The summed E-state index contributed by atoms with van der Waals surface area (Å²) in [6.07, 6.45) is 2.73. The summed E-state index contributed by atoms with van der Waals surface area (Å²) in [5, 5.41) is 0. The number of piperidine rings is 1. The molecule has 4 nitrogen and oxygen atoms in total. The van der Waals surface area contributed by atoms with Crippen molar-refractivity contribution in [2.24, 2.45) is 0 Å². The molecule has 0 spiro atoms. The van der Waals surface area contributed by atoms with Crippen LogP contribution in [0.3, 0.4) is 0 Å². The lowest BCUT2D eigenvalue weighted by atomic mass is 10.1. The molecule has 1 aromatic carbocycles. The molecule has 0 aromatic heterocycles. The Morgan fingerprint density at radius 2 is 2.11 bits per heavy atom. The summed E-state index contributed by atoms with van der Waals surface area (Å²) in [5.74, 6) is -0.601. The summed E-state index contributed by atoms with van der Waals surface area (Å²) < 4.78 is 38.9. The maximum atomic E-state index is 13.1. The maximum Gasteiger partial charge on any atom is 0.243 e. The first kappa shape index (κ1) is 13.2. The molecule has 0 N–H and O–H groups in total. The predicted octanol–water partition coefficient (Wildman–Crippen LogP) is 1.57. The Balaban J connectivity index is 2.38. The maximum absolute atomic E-state index is 13.1. The third-order valence-electron chi connectivity index (χ3n) is 3.06. The quantitative estimate of drug-likeness (QED) is 0.784. The van der Waals surface area contributed by atoms with E-state index in [-0.39, 0.29) is 4.90 Å². The molecule has 2 rings (SSSR count). The summed E-state index contributed by atoms with van der Waals surface area (Å²) >= 11 is 0. The van der Waals surface area contributed by atoms with Gasteiger partial charge in [0.15, 0.2) is 0 Å². The fourth-order valence-corrected chi connectivity index (χ4v) is 3.79. The van der Waals surface area contributed by atoms with Gasteiger partial charge in [0.05, 0.1) is 10.9 Å². The molecule has 0 saturated carbocycles. The van der Waals surface area contributed by atoms with Crippen molar-refractivity contribution >= 4 is 16.3 Å². The number of sulfonamides is 1. The van der Waals surface area contributed by atoms with Crippen molar-refractivity contribution in [2.45, 2.75) is 30.2 Å². The summed E-state index contributed by atoms with van der Waals surface area (Å²) in [7, 11) is -3.78. The minimum atomic E-state index is -3.78. The number of benzene rings is 1. The van der Waals surface area contributed by atoms with Gasteiger partial charge in [0.2, 0.25) is 10.0 Å². The molecule has 1 aromatic rings. The molecule has 18 heavy (non-hydrogen) atoms. The Kier molecular flexibility index (Phi) is 3.77. The zero-order chi connectivity index (χ0) is 13.2. The van der Waals surface area contributed by atoms with Crippen molar-refractivity contribution in [3.05, 3.63) is 30.1 Å². The average molecular weight is 271 g/mol. The van der Waals surface area contributed by atoms with Crippen molar-refractivity contribution < 1.29 is 17.6 Å². The Morgan fingerprint density at radius 1 is 1.33 bits per heavy atom. The fourth-order valence-electron chi connectivity index (χ4n) is 2.13. The molecule has 0 radical (unpaired) electrons. The van der Waals surface area contributed by atoms with Gasteiger partial charge >= 0.3 is 0 Å². The number of hydrogen-bond acceptors (Lipinski definition) is 3. The highest BCUT2D eigenvalue weighted by atomic mass is 32.2. The van der Waals surface area contributed by atoms with Gasteiger partial charge in [0.25, 0.3) is 0 Å². The summed E-state index contributed by atoms with van der Waals surface area (Å²) in [6, 6.07) is 4.22. The lowest BCUT2D eigenvalue weighted by Crippen LogP contribution is -2.44. The highest BCUT2D eigenvalue weighted by Gasteiger charge is 2.33. The monoisotopic (exact) mass is 271 g/mol. The molecule has 0 aliphatic carbocycles. The Bertz CT molecular complexity index is 544. The normalized spacial score (nSPS) is 21.7. The lowest BCUT2D eigenvalue weighted by molar-refractivity contribution is -0.111. The van der Waals surface area contributed by atoms with Crippen LogP contribution in [0.2, 0.25) is 0 Å². The number of carbonyl (C=O) groups is 1. The van der Waals surface area contributed by atoms with Gasteiger partial charge in [-0.05, 0) is 31.0 Å². The number of halogens is 1. The van der Waals surface area contributed by atoms with Gasteiger partial charge in [-0.25, -0.2) is 12.8 Å². The molecule has 0 bridgehead atoms. The topological polar surface area (TPSA) is 54.5 Å². The van der Waals surface area contributed by atoms with E-state index in [1.165, 1.54) is 18.2 Å². The average Bonchev–Trinajstić information content (AvgIpc) is 2.38. The van der Waals surface area contributed by atoms with Crippen LogP contribution in [-0.2, 0) is 14.8 Å². The van der Waals surface area contributed by atoms with E-state index in [2.05, 4.69) is 0 Å². The van der Waals surface area contributed by atoms with Crippen LogP contribution >= 0.6 is 0 Å². The minimum absolute atomic E-state index is 0.101. The van der Waals surface area contributed by atoms with Crippen LogP contribution in [0.15, 0.2) is 29.2 Å². The predicted molar refractivity (Wildman–Crippen MR) is 64.0 cm³/mol. The number of aldehydes is 1. The number of rotatable bonds is 3. The van der Waals surface area contributed by atoms with Gasteiger partial charge in [-0.3, -0.25) is 0 Å². The van der Waals surface area contributed by atoms with E-state index in [9.17, 15) is 17.6 Å². The largest absolute Gasteiger partial charge is 0.302 e. The summed E-state index contributed by atoms with van der Waals surface area (Å²) in [6.45, 7) is 0.308. The second kappa shape index (κ2) is 5.16. The molecule has 1 heterocycles. The van der Waals surface area contributed by atoms with Gasteiger partial charge < -0.3 is 4.79 Å². The Morgan fingerprint density at radius 3 is 2.78 bits per heavy atom. The van der Waals surface area contributed by atoms with Crippen molar-refractivity contribution in [1.29, 1.82) is 0 Å². The van der Waals surface area contributed by atoms with Crippen LogP contribution in [0.5, 0.6) is 0 Å². The molecule has 0 unspecified atom stereocenters. The molecular weight excluding hydrogens is 257 g/mol. The van der Waals surface area contributed by atoms with Crippen LogP contribution < -0.4 is 0 Å². The molecule has 1 saturated heterocycles. The standard InChI is InChI=1S/C12H14FNO3S/c13-10-4-3-6-12(8-10)18(16,17)14-7-2-1-5-11(14)9-15/h3-4,6,8-9,11H,1-2,5,7H2/t11-/m0/s1. The van der Waals surface area contributed by atoms with E-state index in [0.29, 0.717) is 19.3 Å². The van der Waals surface area contributed by atoms with Gasteiger partial charge in [0.1, 0.15) is 12.1 Å². The SMILES string of the molecule is O=C[C@@H]1CCCCN1S(=O)(=O)c1cccc(F)c1. The molecular formula is C12H14FNO3S. The second-order valence-electron chi connectivity index (χ2n) is 4.27. The number of carbonyl (C=O) groups excluding carboxylic acids is 1. The second-order valence-corrected chi connectivity index (χ2v) is 6.16. The number of nitrogens with zero attached hydrogens (tertiary/aromatic N) is 1. The highest BCUT2D eigenvalue weighted by molar-refractivity contribution is 7.89. The van der Waals surface area contributed by atoms with E-state index >= 15 is 0 Å². The first-order chi connectivity index (χ1) is 8.55. The fraction of sp³-hybridized carbons (Fsp3) is 0.417. The minimum Gasteiger partial charge on any atom is -0.302 e. The van der Waals surface area contributed by atoms with Crippen LogP contribution in [0.4, 0.5) is 4.39 Å². The highest BCUT2D eigenvalue weighted by Crippen LogP contribution is 2.24. The molecule has 0 amide bonds. The summed E-state index contributed by atoms with van der Waals surface area (Å²) in [5.41, 5.74) is 0. The molecule has 98 valence electrons.